The topological polar surface area (TPSA) is 81.7 Å². The van der Waals surface area contributed by atoms with Gasteiger partial charge in [-0.05, 0) is 64.0 Å². The molecule has 0 radical (unpaired) electrons. The maximum absolute atomic E-state index is 13.7. The van der Waals surface area contributed by atoms with Gasteiger partial charge in [0.1, 0.15) is 12.0 Å². The fourth-order valence-electron chi connectivity index (χ4n) is 5.42. The van der Waals surface area contributed by atoms with Crippen LogP contribution in [0.1, 0.15) is 74.5 Å². The summed E-state index contributed by atoms with van der Waals surface area (Å²) in [5.74, 6) is -2.73. The summed E-state index contributed by atoms with van der Waals surface area (Å²) in [6.45, 7) is 5.78. The Hall–Kier alpha value is -2.41. The number of nitrogens with one attached hydrogen (secondary N) is 1. The molecule has 0 unspecified atom stereocenters. The van der Waals surface area contributed by atoms with Gasteiger partial charge in [0, 0.05) is 26.7 Å². The first-order valence-electron chi connectivity index (χ1n) is 11.9. The van der Waals surface area contributed by atoms with E-state index in [0.717, 1.165) is 46.8 Å². The van der Waals surface area contributed by atoms with Crippen molar-refractivity contribution in [1.29, 1.82) is 0 Å². The Morgan fingerprint density at radius 2 is 1.79 bits per heavy atom. The summed E-state index contributed by atoms with van der Waals surface area (Å²) in [4.78, 5) is 41.8. The van der Waals surface area contributed by atoms with Crippen LogP contribution >= 0.6 is 11.3 Å². The van der Waals surface area contributed by atoms with Gasteiger partial charge in [0.2, 0.25) is 0 Å². The third-order valence-electron chi connectivity index (χ3n) is 7.08. The lowest BCUT2D eigenvalue weighted by Crippen LogP contribution is -2.43. The molecule has 0 spiro atoms. The molecule has 1 fully saturated rings. The van der Waals surface area contributed by atoms with Crippen molar-refractivity contribution >= 4 is 29.1 Å². The third-order valence-corrected chi connectivity index (χ3v) is 8.15. The van der Waals surface area contributed by atoms with Gasteiger partial charge < -0.3 is 14.8 Å². The average Bonchev–Trinajstić information content (AvgIpc) is 3.03. The smallest absolute Gasteiger partial charge is 0.337 e. The van der Waals surface area contributed by atoms with E-state index in [1.54, 1.807) is 11.3 Å². The number of carbonyl (C=O) groups is 3. The van der Waals surface area contributed by atoms with Gasteiger partial charge in [-0.15, -0.1) is 11.3 Å². The Balaban J connectivity index is 1.74. The predicted octanol–water partition coefficient (Wildman–Crippen LogP) is 4.94. The minimum atomic E-state index is -0.864. The zero-order valence-corrected chi connectivity index (χ0v) is 20.7. The highest BCUT2D eigenvalue weighted by atomic mass is 32.1. The van der Waals surface area contributed by atoms with Gasteiger partial charge in [-0.2, -0.15) is 0 Å². The average molecular weight is 472 g/mol. The quantitative estimate of drug-likeness (QED) is 0.381. The van der Waals surface area contributed by atoms with Crippen LogP contribution in [-0.4, -0.2) is 30.9 Å². The standard InChI is InChI=1S/C26H33NO5S/c1-14-13-18-22(24(28)20(14)25(29)31-4)23(19-12-11-15(2)33-19)21(16(3)27-18)26(30)32-17-9-7-5-6-8-10-17/h11-12,14,17,20,23,27H,5-10,13H2,1-4H3/t14-,20+,23-/m1/s1. The lowest BCUT2D eigenvalue weighted by atomic mass is 9.70. The maximum atomic E-state index is 13.7. The first-order chi connectivity index (χ1) is 15.8. The molecular weight excluding hydrogens is 438 g/mol. The van der Waals surface area contributed by atoms with Crippen molar-refractivity contribution in [2.75, 3.05) is 7.11 Å². The summed E-state index contributed by atoms with van der Waals surface area (Å²) in [5, 5.41) is 3.33. The van der Waals surface area contributed by atoms with Crippen molar-refractivity contribution < 1.29 is 23.9 Å². The van der Waals surface area contributed by atoms with E-state index in [0.29, 0.717) is 17.6 Å². The Labute approximate surface area is 199 Å². The molecule has 7 heteroatoms. The summed E-state index contributed by atoms with van der Waals surface area (Å²) in [6.07, 6.45) is 6.68. The fraction of sp³-hybridized carbons (Fsp3) is 0.577. The number of esters is 2. The van der Waals surface area contributed by atoms with Crippen LogP contribution in [0.3, 0.4) is 0 Å². The number of carbonyl (C=O) groups excluding carboxylic acids is 3. The van der Waals surface area contributed by atoms with Crippen LogP contribution in [0.15, 0.2) is 34.7 Å². The van der Waals surface area contributed by atoms with Crippen molar-refractivity contribution in [3.63, 3.8) is 0 Å². The Morgan fingerprint density at radius 1 is 1.09 bits per heavy atom. The summed E-state index contributed by atoms with van der Waals surface area (Å²) in [6, 6.07) is 3.98. The SMILES string of the molecule is COC(=O)[C@@H]1C(=O)C2=C(C[C@H]1C)NC(C)=C(C(=O)OC1CCCCCC1)[C@H]2c1ccc(C)s1. The maximum Gasteiger partial charge on any atom is 0.337 e. The molecule has 4 rings (SSSR count). The Bertz CT molecular complexity index is 1010. The van der Waals surface area contributed by atoms with E-state index < -0.39 is 17.8 Å². The molecule has 6 nitrogen and oxygen atoms in total. The van der Waals surface area contributed by atoms with Crippen LogP contribution < -0.4 is 5.32 Å². The predicted molar refractivity (Wildman–Crippen MR) is 127 cm³/mol. The van der Waals surface area contributed by atoms with Crippen molar-refractivity contribution in [1.82, 2.24) is 5.32 Å². The molecule has 1 N–H and O–H groups in total. The van der Waals surface area contributed by atoms with E-state index in [1.807, 2.05) is 32.9 Å². The number of ketones is 1. The molecule has 1 aromatic heterocycles. The summed E-state index contributed by atoms with van der Waals surface area (Å²) in [7, 11) is 1.31. The second-order valence-electron chi connectivity index (χ2n) is 9.50. The summed E-state index contributed by atoms with van der Waals surface area (Å²) >= 11 is 1.57. The van der Waals surface area contributed by atoms with Gasteiger partial charge in [-0.3, -0.25) is 9.59 Å². The minimum absolute atomic E-state index is 0.0914. The largest absolute Gasteiger partial charge is 0.468 e. The molecule has 0 amide bonds. The minimum Gasteiger partial charge on any atom is -0.468 e. The molecule has 1 aliphatic heterocycles. The molecule has 0 aromatic carbocycles. The van der Waals surface area contributed by atoms with Gasteiger partial charge in [0.25, 0.3) is 0 Å². The molecule has 0 bridgehead atoms. The molecule has 1 aromatic rings. The van der Waals surface area contributed by atoms with Gasteiger partial charge in [-0.25, -0.2) is 4.79 Å². The molecule has 2 aliphatic carbocycles. The number of aryl methyl sites for hydroxylation is 1. The number of dihydropyridines is 1. The summed E-state index contributed by atoms with van der Waals surface area (Å²) in [5.41, 5.74) is 2.50. The highest BCUT2D eigenvalue weighted by Crippen LogP contribution is 2.47. The second-order valence-corrected chi connectivity index (χ2v) is 10.8. The van der Waals surface area contributed by atoms with E-state index in [-0.39, 0.29) is 23.8 Å². The zero-order chi connectivity index (χ0) is 23.7. The Morgan fingerprint density at radius 3 is 2.39 bits per heavy atom. The molecule has 33 heavy (non-hydrogen) atoms. The van der Waals surface area contributed by atoms with Crippen LogP contribution in [0, 0.1) is 18.8 Å². The monoisotopic (exact) mass is 471 g/mol. The van der Waals surface area contributed by atoms with Crippen LogP contribution in [0.25, 0.3) is 0 Å². The van der Waals surface area contributed by atoms with Gasteiger partial charge in [0.15, 0.2) is 5.78 Å². The Kier molecular flexibility index (Phi) is 7.07. The van der Waals surface area contributed by atoms with Crippen LogP contribution in [-0.2, 0) is 23.9 Å². The number of rotatable bonds is 4. The van der Waals surface area contributed by atoms with Crippen LogP contribution in [0.2, 0.25) is 0 Å². The molecule has 178 valence electrons. The van der Waals surface area contributed by atoms with Crippen molar-refractivity contribution in [2.24, 2.45) is 11.8 Å². The van der Waals surface area contributed by atoms with Crippen molar-refractivity contribution in [3.8, 4) is 0 Å². The highest BCUT2D eigenvalue weighted by Gasteiger charge is 2.47. The van der Waals surface area contributed by atoms with E-state index in [1.165, 1.54) is 20.0 Å². The normalized spacial score (nSPS) is 26.4. The van der Waals surface area contributed by atoms with Crippen LogP contribution in [0.5, 0.6) is 0 Å². The number of methoxy groups -OCH3 is 1. The van der Waals surface area contributed by atoms with Gasteiger partial charge >= 0.3 is 11.9 Å². The summed E-state index contributed by atoms with van der Waals surface area (Å²) < 4.78 is 11.0. The number of ether oxygens (including phenoxy) is 2. The third kappa shape index (κ3) is 4.65. The second kappa shape index (κ2) is 9.84. The number of allylic oxidation sites excluding steroid dienone is 3. The number of Topliss-reactive ketones (excluding diaryl/α,β-unsaturated/α-hetero) is 1. The molecule has 3 atom stereocenters. The molecule has 1 saturated carbocycles. The lowest BCUT2D eigenvalue weighted by Gasteiger charge is -2.38. The van der Waals surface area contributed by atoms with Crippen molar-refractivity contribution in [2.45, 2.75) is 77.7 Å². The lowest BCUT2D eigenvalue weighted by molar-refractivity contribution is -0.151. The molecular formula is C26H33NO5S. The first kappa shape index (κ1) is 23.7. The van der Waals surface area contributed by atoms with E-state index in [9.17, 15) is 14.4 Å². The molecule has 3 aliphatic rings. The van der Waals surface area contributed by atoms with E-state index in [4.69, 9.17) is 9.47 Å². The van der Waals surface area contributed by atoms with Crippen LogP contribution in [0.4, 0.5) is 0 Å². The molecule has 0 saturated heterocycles. The van der Waals surface area contributed by atoms with E-state index >= 15 is 0 Å². The van der Waals surface area contributed by atoms with Gasteiger partial charge in [-0.1, -0.05) is 19.8 Å². The van der Waals surface area contributed by atoms with Gasteiger partial charge in [0.05, 0.1) is 18.6 Å². The van der Waals surface area contributed by atoms with Crippen molar-refractivity contribution in [3.05, 3.63) is 44.4 Å². The number of hydrogen-bond donors (Lipinski definition) is 1. The molecule has 2 heterocycles. The fourth-order valence-corrected chi connectivity index (χ4v) is 6.42. The highest BCUT2D eigenvalue weighted by molar-refractivity contribution is 7.12. The number of thiophene rings is 1. The zero-order valence-electron chi connectivity index (χ0n) is 19.9. The first-order valence-corrected chi connectivity index (χ1v) is 12.7. The van der Waals surface area contributed by atoms with E-state index in [2.05, 4.69) is 5.32 Å². The number of hydrogen-bond acceptors (Lipinski definition) is 7.